The maximum atomic E-state index is 12.4. The Morgan fingerprint density at radius 3 is 2.68 bits per heavy atom. The van der Waals surface area contributed by atoms with E-state index in [-0.39, 0.29) is 6.42 Å². The van der Waals surface area contributed by atoms with Crippen LogP contribution in [0.5, 0.6) is 0 Å². The summed E-state index contributed by atoms with van der Waals surface area (Å²) in [6, 6.07) is 6.54. The number of nitrogens with zero attached hydrogens (tertiary/aromatic N) is 2. The van der Waals surface area contributed by atoms with Crippen molar-refractivity contribution in [3.63, 3.8) is 0 Å². The molecule has 0 spiro atoms. The zero-order valence-corrected chi connectivity index (χ0v) is 10.4. The molecule has 1 atom stereocenters. The molecule has 0 radical (unpaired) electrons. The zero-order chi connectivity index (χ0) is 14.0. The number of alkyl halides is 3. The maximum Gasteiger partial charge on any atom is 0.390 e. The molecule has 4 nitrogen and oxygen atoms in total. The minimum atomic E-state index is -4.25. The molecule has 1 aromatic carbocycles. The number of para-hydroxylation sites is 1. The predicted molar refractivity (Wildman–Crippen MR) is 66.2 cm³/mol. The van der Waals surface area contributed by atoms with Crippen molar-refractivity contribution in [2.75, 3.05) is 0 Å². The van der Waals surface area contributed by atoms with E-state index in [1.165, 1.54) is 0 Å². The number of hydrogen-bond donors (Lipinski definition) is 2. The molecular formula is C12H15F3N4. The summed E-state index contributed by atoms with van der Waals surface area (Å²) < 4.78 is 38.8. The lowest BCUT2D eigenvalue weighted by Crippen LogP contribution is -2.40. The molecule has 0 saturated heterocycles. The topological polar surface area (TPSA) is 55.9 Å². The molecule has 1 heterocycles. The largest absolute Gasteiger partial charge is 0.390 e. The number of rotatable bonds is 4. The number of aromatic nitrogens is 2. The van der Waals surface area contributed by atoms with Crippen LogP contribution in [-0.2, 0) is 13.5 Å². The lowest BCUT2D eigenvalue weighted by atomic mass is 10.1. The van der Waals surface area contributed by atoms with E-state index >= 15 is 0 Å². The number of hydrogen-bond acceptors (Lipinski definition) is 3. The quantitative estimate of drug-likeness (QED) is 0.660. The molecule has 19 heavy (non-hydrogen) atoms. The first-order valence-electron chi connectivity index (χ1n) is 5.84. The maximum absolute atomic E-state index is 12.4. The number of nitrogens with one attached hydrogen (secondary N) is 1. The monoisotopic (exact) mass is 272 g/mol. The molecule has 1 unspecified atom stereocenters. The Balaban J connectivity index is 2.25. The van der Waals surface area contributed by atoms with E-state index in [4.69, 9.17) is 5.84 Å². The number of aryl methyl sites for hydroxylation is 1. The second-order valence-corrected chi connectivity index (χ2v) is 4.47. The molecule has 7 heteroatoms. The lowest BCUT2D eigenvalue weighted by molar-refractivity contribution is -0.140. The third kappa shape index (κ3) is 3.24. The number of benzene rings is 1. The van der Waals surface area contributed by atoms with E-state index in [9.17, 15) is 13.2 Å². The molecule has 0 aliphatic heterocycles. The summed E-state index contributed by atoms with van der Waals surface area (Å²) in [5.41, 5.74) is 3.72. The Bertz CT molecular complexity index is 562. The molecule has 104 valence electrons. The summed E-state index contributed by atoms with van der Waals surface area (Å²) in [4.78, 5) is 0. The Hall–Kier alpha value is -1.60. The van der Waals surface area contributed by atoms with Gasteiger partial charge in [-0.15, -0.1) is 0 Å². The van der Waals surface area contributed by atoms with Crippen LogP contribution in [0.25, 0.3) is 10.9 Å². The van der Waals surface area contributed by atoms with E-state index in [0.717, 1.165) is 10.9 Å². The molecule has 2 aromatic rings. The van der Waals surface area contributed by atoms with E-state index < -0.39 is 18.6 Å². The van der Waals surface area contributed by atoms with Gasteiger partial charge in [0.25, 0.3) is 0 Å². The van der Waals surface area contributed by atoms with Crippen molar-refractivity contribution in [3.8, 4) is 0 Å². The summed E-state index contributed by atoms with van der Waals surface area (Å²) >= 11 is 0. The van der Waals surface area contributed by atoms with Crippen molar-refractivity contribution in [1.29, 1.82) is 0 Å². The summed E-state index contributed by atoms with van der Waals surface area (Å²) in [6.07, 6.45) is -5.09. The Labute approximate surface area is 108 Å². The fourth-order valence-electron chi connectivity index (χ4n) is 2.14. The highest BCUT2D eigenvalue weighted by Gasteiger charge is 2.32. The number of nitrogens with two attached hydrogens (primary N) is 1. The van der Waals surface area contributed by atoms with Crippen LogP contribution in [0.15, 0.2) is 24.3 Å². The van der Waals surface area contributed by atoms with Crippen LogP contribution in [0.3, 0.4) is 0 Å². The fraction of sp³-hybridized carbons (Fsp3) is 0.417. The minimum absolute atomic E-state index is 0.136. The molecule has 0 aliphatic carbocycles. The zero-order valence-electron chi connectivity index (χ0n) is 10.4. The van der Waals surface area contributed by atoms with Gasteiger partial charge in [0.15, 0.2) is 0 Å². The van der Waals surface area contributed by atoms with Crippen LogP contribution in [0.2, 0.25) is 0 Å². The Kier molecular flexibility index (Phi) is 3.77. The highest BCUT2D eigenvalue weighted by Crippen LogP contribution is 2.24. The molecule has 2 rings (SSSR count). The van der Waals surface area contributed by atoms with E-state index in [1.54, 1.807) is 11.7 Å². The first kappa shape index (κ1) is 13.8. The molecule has 0 bridgehead atoms. The van der Waals surface area contributed by atoms with Crippen LogP contribution >= 0.6 is 0 Å². The normalized spacial score (nSPS) is 13.9. The van der Waals surface area contributed by atoms with Gasteiger partial charge in [-0.25, -0.2) is 0 Å². The van der Waals surface area contributed by atoms with Gasteiger partial charge in [-0.2, -0.15) is 18.3 Å². The van der Waals surface area contributed by atoms with Crippen LogP contribution < -0.4 is 11.3 Å². The van der Waals surface area contributed by atoms with E-state index in [2.05, 4.69) is 10.5 Å². The molecule has 1 aromatic heterocycles. The van der Waals surface area contributed by atoms with Crippen molar-refractivity contribution < 1.29 is 13.2 Å². The Morgan fingerprint density at radius 2 is 2.05 bits per heavy atom. The SMILES string of the molecule is Cn1nc(CC(CC(F)(F)F)NN)c2ccccc21. The van der Waals surface area contributed by atoms with Crippen molar-refractivity contribution in [2.24, 2.45) is 12.9 Å². The second-order valence-electron chi connectivity index (χ2n) is 4.47. The van der Waals surface area contributed by atoms with Gasteiger partial charge < -0.3 is 0 Å². The number of hydrazine groups is 1. The molecular weight excluding hydrogens is 257 g/mol. The van der Waals surface area contributed by atoms with E-state index in [0.29, 0.717) is 5.69 Å². The standard InChI is InChI=1S/C12H15F3N4/c1-19-11-5-3-2-4-9(11)10(18-19)6-8(17-16)7-12(13,14)15/h2-5,8,17H,6-7,16H2,1H3. The van der Waals surface area contributed by atoms with Gasteiger partial charge in [-0.3, -0.25) is 16.0 Å². The van der Waals surface area contributed by atoms with Gasteiger partial charge in [0.05, 0.1) is 17.6 Å². The Morgan fingerprint density at radius 1 is 1.37 bits per heavy atom. The first-order valence-corrected chi connectivity index (χ1v) is 5.84. The third-order valence-electron chi connectivity index (χ3n) is 2.99. The average Bonchev–Trinajstić information content (AvgIpc) is 2.65. The molecule has 0 amide bonds. The van der Waals surface area contributed by atoms with Crippen molar-refractivity contribution in [1.82, 2.24) is 15.2 Å². The molecule has 0 aliphatic rings. The van der Waals surface area contributed by atoms with Crippen LogP contribution in [-0.4, -0.2) is 22.0 Å². The summed E-state index contributed by atoms with van der Waals surface area (Å²) in [7, 11) is 1.76. The number of fused-ring (bicyclic) bond motifs is 1. The van der Waals surface area contributed by atoms with Gasteiger partial charge >= 0.3 is 6.18 Å². The van der Waals surface area contributed by atoms with Crippen molar-refractivity contribution >= 4 is 10.9 Å². The van der Waals surface area contributed by atoms with Gasteiger partial charge in [0, 0.05) is 24.9 Å². The summed E-state index contributed by atoms with van der Waals surface area (Å²) in [5.74, 6) is 5.19. The lowest BCUT2D eigenvalue weighted by Gasteiger charge is -2.16. The average molecular weight is 272 g/mol. The van der Waals surface area contributed by atoms with Crippen LogP contribution in [0.1, 0.15) is 12.1 Å². The van der Waals surface area contributed by atoms with Crippen molar-refractivity contribution in [2.45, 2.75) is 25.1 Å². The minimum Gasteiger partial charge on any atom is -0.271 e. The highest BCUT2D eigenvalue weighted by atomic mass is 19.4. The smallest absolute Gasteiger partial charge is 0.271 e. The predicted octanol–water partition coefficient (Wildman–Crippen LogP) is 1.90. The third-order valence-corrected chi connectivity index (χ3v) is 2.99. The fourth-order valence-corrected chi connectivity index (χ4v) is 2.14. The molecule has 0 fully saturated rings. The van der Waals surface area contributed by atoms with E-state index in [1.807, 2.05) is 24.3 Å². The van der Waals surface area contributed by atoms with Crippen molar-refractivity contribution in [3.05, 3.63) is 30.0 Å². The van der Waals surface area contributed by atoms with Crippen LogP contribution in [0.4, 0.5) is 13.2 Å². The van der Waals surface area contributed by atoms with Gasteiger partial charge in [-0.05, 0) is 6.07 Å². The molecule has 3 N–H and O–H groups in total. The first-order chi connectivity index (χ1) is 8.90. The molecule has 0 saturated carbocycles. The van der Waals surface area contributed by atoms with Gasteiger partial charge in [0.2, 0.25) is 0 Å². The van der Waals surface area contributed by atoms with Gasteiger partial charge in [0.1, 0.15) is 0 Å². The number of halogens is 3. The van der Waals surface area contributed by atoms with Crippen LogP contribution in [0, 0.1) is 0 Å². The summed E-state index contributed by atoms with van der Waals surface area (Å²) in [5, 5.41) is 5.12. The second kappa shape index (κ2) is 5.18. The highest BCUT2D eigenvalue weighted by molar-refractivity contribution is 5.81. The van der Waals surface area contributed by atoms with Gasteiger partial charge in [-0.1, -0.05) is 18.2 Å². The summed E-state index contributed by atoms with van der Waals surface area (Å²) in [6.45, 7) is 0.